The number of aliphatic hydroxyl groups excluding tert-OH is 2. The number of carboxylic acid groups (broad SMARTS) is 1. The van der Waals surface area contributed by atoms with Gasteiger partial charge >= 0.3 is 23.6 Å². The summed E-state index contributed by atoms with van der Waals surface area (Å²) >= 11 is 0. The minimum absolute atomic E-state index is 0.0196. The van der Waals surface area contributed by atoms with Crippen molar-refractivity contribution in [2.75, 3.05) is 13.1 Å². The second-order valence-electron chi connectivity index (χ2n) is 15.2. The van der Waals surface area contributed by atoms with Gasteiger partial charge < -0.3 is 31.3 Å². The lowest BCUT2D eigenvalue weighted by atomic mass is 10.1. The fourth-order valence-electron chi connectivity index (χ4n) is 7.83. The van der Waals surface area contributed by atoms with Crippen LogP contribution in [0.3, 0.4) is 0 Å². The molecular weight excluding hydrogens is 688 g/mol. The zero-order chi connectivity index (χ0) is 39.7. The molecule has 302 valence electrons. The molecule has 0 spiro atoms. The van der Waals surface area contributed by atoms with Gasteiger partial charge in [-0.2, -0.15) is 4.57 Å². The Labute approximate surface area is 322 Å². The summed E-state index contributed by atoms with van der Waals surface area (Å²) in [6.07, 6.45) is 22.8. The number of aromatic nitrogens is 4. The van der Waals surface area contributed by atoms with Crippen LogP contribution < -0.4 is 25.1 Å². The third kappa shape index (κ3) is 13.5. The molecule has 4 atom stereocenters. The van der Waals surface area contributed by atoms with Crippen molar-refractivity contribution in [3.05, 3.63) is 61.1 Å². The van der Waals surface area contributed by atoms with Gasteiger partial charge in [0, 0.05) is 25.8 Å². The number of hydrogen-bond acceptors (Lipinski definition) is 5. The Balaban J connectivity index is 1.23. The standard InChI is InChI=1S/C40H66N8O6/c1-7-38-47-27-26-46(6)37(47)30-48(38,29-36-44(4)24-25-45(36)5)28-18-14-12-10-8-9-11-13-15-20-35(51)41-23-17-16-19-33(31(2)49)42-40(54)43-34(32(3)50)21-22-39(52)53/h24-27,33-34,38H,2-3,7-23,28-30H2,1,4-6H3,(H3-3,41,42,43,49,50,51,52,53,54)/p+3. The Kier molecular flexibility index (Phi) is 18.1. The number of carboxylic acids is 1. The van der Waals surface area contributed by atoms with Crippen molar-refractivity contribution < 1.29 is 43.3 Å². The van der Waals surface area contributed by atoms with Gasteiger partial charge in [-0.05, 0) is 44.9 Å². The molecule has 0 fully saturated rings. The summed E-state index contributed by atoms with van der Waals surface area (Å²) in [7, 11) is 6.49. The molecule has 54 heavy (non-hydrogen) atoms. The highest BCUT2D eigenvalue weighted by Gasteiger charge is 2.52. The number of carbonyl (C=O) groups is 3. The van der Waals surface area contributed by atoms with Crippen LogP contribution in [0, 0.1) is 0 Å². The van der Waals surface area contributed by atoms with E-state index in [0.717, 1.165) is 43.3 Å². The Morgan fingerprint density at radius 3 is 2.00 bits per heavy atom. The number of imidazole rings is 2. The SMILES string of the molecule is C=C(O)C(CCCCNC(=O)CCCCCCCCCCC[N+]1(Cc2n(C)cc[n+]2C)Cc2n(cc[n+]2C)C1CC)NC(=O)NC(CCC(=O)O)C(=C)O. The molecule has 0 radical (unpaired) electrons. The lowest BCUT2D eigenvalue weighted by Crippen LogP contribution is -2.51. The second kappa shape index (κ2) is 22.1. The molecule has 0 saturated heterocycles. The van der Waals surface area contributed by atoms with Crippen molar-refractivity contribution in [1.82, 2.24) is 25.1 Å². The van der Waals surface area contributed by atoms with Crippen LogP contribution in [0.4, 0.5) is 4.79 Å². The van der Waals surface area contributed by atoms with Crippen LogP contribution in [0.5, 0.6) is 0 Å². The Morgan fingerprint density at radius 1 is 0.833 bits per heavy atom. The number of carbonyl (C=O) groups excluding carboxylic acids is 2. The van der Waals surface area contributed by atoms with Gasteiger partial charge in [-0.1, -0.05) is 58.6 Å². The van der Waals surface area contributed by atoms with Crippen molar-refractivity contribution >= 4 is 17.9 Å². The number of nitrogens with one attached hydrogen (secondary N) is 3. The van der Waals surface area contributed by atoms with E-state index in [-0.39, 0.29) is 30.3 Å². The number of aryl methyl sites for hydroxylation is 3. The van der Waals surface area contributed by atoms with Crippen molar-refractivity contribution in [3.8, 4) is 0 Å². The van der Waals surface area contributed by atoms with Crippen molar-refractivity contribution in [1.29, 1.82) is 0 Å². The molecule has 0 aliphatic carbocycles. The number of quaternary nitrogens is 1. The normalized spacial score (nSPS) is 17.4. The van der Waals surface area contributed by atoms with E-state index in [1.165, 1.54) is 56.7 Å². The highest BCUT2D eigenvalue weighted by atomic mass is 16.4. The molecule has 4 unspecified atom stereocenters. The van der Waals surface area contributed by atoms with Gasteiger partial charge in [0.05, 0.1) is 39.8 Å². The number of aliphatic hydroxyl groups is 2. The molecule has 1 aliphatic rings. The van der Waals surface area contributed by atoms with E-state index in [2.05, 4.69) is 100 Å². The zero-order valence-electron chi connectivity index (χ0n) is 33.4. The first kappa shape index (κ1) is 44.1. The first-order valence-electron chi connectivity index (χ1n) is 20.0. The fraction of sp³-hybridized carbons (Fsp3) is 0.675. The topological polar surface area (TPSA) is 166 Å². The predicted molar refractivity (Wildman–Crippen MR) is 207 cm³/mol. The molecule has 2 aromatic rings. The molecule has 6 N–H and O–H groups in total. The summed E-state index contributed by atoms with van der Waals surface area (Å²) in [5, 5.41) is 36.5. The van der Waals surface area contributed by atoms with Gasteiger partial charge in [0.1, 0.15) is 36.3 Å². The molecular formula is C40H69N8O6+3. The number of aliphatic carboxylic acids is 1. The van der Waals surface area contributed by atoms with E-state index >= 15 is 0 Å². The average molecular weight is 758 g/mol. The van der Waals surface area contributed by atoms with Gasteiger partial charge in [0.25, 0.3) is 0 Å². The summed E-state index contributed by atoms with van der Waals surface area (Å²) in [5.41, 5.74) is 0. The summed E-state index contributed by atoms with van der Waals surface area (Å²) in [4.78, 5) is 35.5. The van der Waals surface area contributed by atoms with Crippen molar-refractivity contribution in [3.63, 3.8) is 0 Å². The molecule has 2 aromatic heterocycles. The summed E-state index contributed by atoms with van der Waals surface area (Å²) in [6.45, 7) is 13.0. The largest absolute Gasteiger partial charge is 0.511 e. The van der Waals surface area contributed by atoms with Crippen LogP contribution in [0.2, 0.25) is 0 Å². The maximum Gasteiger partial charge on any atom is 0.317 e. The average Bonchev–Trinajstić information content (AvgIpc) is 3.74. The Hall–Kier alpha value is -4.33. The third-order valence-corrected chi connectivity index (χ3v) is 11.0. The first-order chi connectivity index (χ1) is 25.8. The smallest absolute Gasteiger partial charge is 0.317 e. The van der Waals surface area contributed by atoms with E-state index in [1.807, 2.05) is 0 Å². The van der Waals surface area contributed by atoms with Gasteiger partial charge in [-0.3, -0.25) is 14.1 Å². The summed E-state index contributed by atoms with van der Waals surface area (Å²) in [6, 6.07) is -2.34. The van der Waals surface area contributed by atoms with Gasteiger partial charge in [-0.15, -0.1) is 0 Å². The number of unbranched alkanes of at least 4 members (excludes halogenated alkanes) is 9. The maximum absolute atomic E-state index is 12.4. The fourth-order valence-corrected chi connectivity index (χ4v) is 7.83. The van der Waals surface area contributed by atoms with Crippen LogP contribution in [-0.4, -0.2) is 72.0 Å². The molecule has 0 saturated carbocycles. The quantitative estimate of drug-likeness (QED) is 0.0320. The summed E-state index contributed by atoms with van der Waals surface area (Å²) < 4.78 is 10.5. The Bertz CT molecular complexity index is 1520. The molecule has 0 aromatic carbocycles. The van der Waals surface area contributed by atoms with Crippen LogP contribution in [0.15, 0.2) is 49.5 Å². The lowest BCUT2D eigenvalue weighted by molar-refractivity contribution is -0.991. The van der Waals surface area contributed by atoms with E-state index in [9.17, 15) is 24.6 Å². The highest BCUT2D eigenvalue weighted by molar-refractivity contribution is 5.76. The lowest BCUT2D eigenvalue weighted by Gasteiger charge is -2.36. The molecule has 14 nitrogen and oxygen atoms in total. The molecule has 3 heterocycles. The molecule has 3 amide bonds. The second-order valence-corrected chi connectivity index (χ2v) is 15.2. The summed E-state index contributed by atoms with van der Waals surface area (Å²) in [5.74, 6) is 1.21. The van der Waals surface area contributed by atoms with E-state index < -0.39 is 24.1 Å². The zero-order valence-corrected chi connectivity index (χ0v) is 33.4. The predicted octanol–water partition coefficient (Wildman–Crippen LogP) is 5.15. The number of hydrogen-bond donors (Lipinski definition) is 6. The van der Waals surface area contributed by atoms with E-state index in [1.54, 1.807) is 0 Å². The number of fused-ring (bicyclic) bond motifs is 1. The van der Waals surface area contributed by atoms with Crippen molar-refractivity contribution in [2.45, 2.75) is 141 Å². The van der Waals surface area contributed by atoms with Crippen LogP contribution >= 0.6 is 0 Å². The first-order valence-corrected chi connectivity index (χ1v) is 20.0. The Morgan fingerprint density at radius 2 is 1.43 bits per heavy atom. The number of nitrogens with zero attached hydrogens (tertiary/aromatic N) is 5. The molecule has 1 aliphatic heterocycles. The minimum Gasteiger partial charge on any atom is -0.511 e. The minimum atomic E-state index is -1.06. The number of amides is 3. The van der Waals surface area contributed by atoms with Crippen LogP contribution in [-0.2, 0) is 43.8 Å². The van der Waals surface area contributed by atoms with E-state index in [0.29, 0.717) is 38.4 Å². The molecule has 14 heteroatoms. The van der Waals surface area contributed by atoms with Crippen LogP contribution in [0.25, 0.3) is 0 Å². The van der Waals surface area contributed by atoms with Gasteiger partial charge in [0.15, 0.2) is 13.1 Å². The monoisotopic (exact) mass is 758 g/mol. The third-order valence-electron chi connectivity index (χ3n) is 11.0. The van der Waals surface area contributed by atoms with Gasteiger partial charge in [0.2, 0.25) is 12.1 Å². The maximum atomic E-state index is 12.4. The van der Waals surface area contributed by atoms with Crippen LogP contribution in [0.1, 0.15) is 127 Å². The number of rotatable bonds is 27. The van der Waals surface area contributed by atoms with Crippen molar-refractivity contribution in [2.24, 2.45) is 21.1 Å². The highest BCUT2D eigenvalue weighted by Crippen LogP contribution is 2.38. The number of urea groups is 1. The molecule has 0 bridgehead atoms. The molecule has 3 rings (SSSR count). The van der Waals surface area contributed by atoms with E-state index in [4.69, 9.17) is 5.11 Å². The van der Waals surface area contributed by atoms with Gasteiger partial charge in [-0.25, -0.2) is 18.5 Å².